The summed E-state index contributed by atoms with van der Waals surface area (Å²) in [6.45, 7) is 0.755. The lowest BCUT2D eigenvalue weighted by molar-refractivity contribution is 0.393. The molecule has 0 aromatic carbocycles. The summed E-state index contributed by atoms with van der Waals surface area (Å²) in [7, 11) is 0. The molecule has 0 bridgehead atoms. The minimum atomic E-state index is -2.32. The van der Waals surface area contributed by atoms with E-state index in [1.807, 2.05) is 0 Å². The van der Waals surface area contributed by atoms with Gasteiger partial charge < -0.3 is 9.42 Å². The smallest absolute Gasteiger partial charge is 0.274 e. The van der Waals surface area contributed by atoms with Crippen molar-refractivity contribution < 1.29 is 10.0 Å². The Morgan fingerprint density at radius 2 is 2.07 bits per heavy atom. The molecule has 5 heterocycles. The average molecular weight is 392 g/mol. The maximum Gasteiger partial charge on any atom is 0.274 e. The maximum atomic E-state index is 12.3. The minimum absolute atomic E-state index is 0.0148. The van der Waals surface area contributed by atoms with Crippen molar-refractivity contribution >= 4 is 11.5 Å². The molecule has 1 aliphatic rings. The number of hydrogen-bond acceptors (Lipinski definition) is 7. The zero-order valence-electron chi connectivity index (χ0n) is 20.1. The topological polar surface area (TPSA) is 89.4 Å². The molecule has 0 radical (unpaired) electrons. The van der Waals surface area contributed by atoms with Crippen molar-refractivity contribution in [2.45, 2.75) is 33.7 Å². The molecule has 5 rings (SSSR count). The molecule has 0 atom stereocenters. The number of anilines is 1. The van der Waals surface area contributed by atoms with Crippen molar-refractivity contribution in [3.05, 3.63) is 69.2 Å². The van der Waals surface area contributed by atoms with Gasteiger partial charge >= 0.3 is 0 Å². The number of nitrogens with zero attached hydrogens (tertiary/aromatic N) is 6. The Balaban J connectivity index is 1.73. The first-order chi connectivity index (χ1) is 15.5. The first-order valence-corrected chi connectivity index (χ1v) is 9.09. The number of rotatable bonds is 2. The van der Waals surface area contributed by atoms with Gasteiger partial charge in [-0.3, -0.25) is 9.78 Å². The number of hydrogen-bond donors (Lipinski definition) is 0. The zero-order chi connectivity index (χ0) is 23.7. The van der Waals surface area contributed by atoms with Crippen LogP contribution in [0.25, 0.3) is 16.8 Å². The Morgan fingerprint density at radius 3 is 2.86 bits per heavy atom. The van der Waals surface area contributed by atoms with Gasteiger partial charge in [-0.25, -0.2) is 4.98 Å². The fourth-order valence-corrected chi connectivity index (χ4v) is 3.47. The molecule has 4 aromatic rings. The molecule has 146 valence electrons. The van der Waals surface area contributed by atoms with E-state index in [4.69, 9.17) is 10.0 Å². The zero-order valence-corrected chi connectivity index (χ0v) is 16.1. The average Bonchev–Trinajstić information content (AvgIpc) is 3.06. The second-order valence-electron chi connectivity index (χ2n) is 6.90. The highest BCUT2D eigenvalue weighted by atomic mass is 16.5. The highest BCUT2D eigenvalue weighted by Gasteiger charge is 2.22. The van der Waals surface area contributed by atoms with Crippen LogP contribution in [0.3, 0.4) is 0 Å². The normalized spacial score (nSPS) is 19.2. The first-order valence-electron chi connectivity index (χ1n) is 11.1. The quantitative estimate of drug-likeness (QED) is 0.518. The van der Waals surface area contributed by atoms with Crippen LogP contribution < -0.4 is 10.5 Å². The van der Waals surface area contributed by atoms with Gasteiger partial charge in [0, 0.05) is 57.4 Å². The summed E-state index contributed by atoms with van der Waals surface area (Å²) in [5.41, 5.74) is 2.87. The molecule has 0 aliphatic carbocycles. The number of aryl methyl sites for hydroxylation is 4. The van der Waals surface area contributed by atoms with Crippen LogP contribution in [-0.2, 0) is 12.9 Å². The van der Waals surface area contributed by atoms with Gasteiger partial charge in [0.15, 0.2) is 11.5 Å². The van der Waals surface area contributed by atoms with Gasteiger partial charge in [-0.05, 0) is 44.0 Å². The second-order valence-corrected chi connectivity index (χ2v) is 6.90. The van der Waals surface area contributed by atoms with Crippen LogP contribution in [0, 0.1) is 20.8 Å². The predicted molar refractivity (Wildman–Crippen MR) is 108 cm³/mol. The fourth-order valence-electron chi connectivity index (χ4n) is 3.47. The monoisotopic (exact) mass is 392 g/mol. The van der Waals surface area contributed by atoms with Crippen LogP contribution in [0.4, 0.5) is 5.82 Å². The van der Waals surface area contributed by atoms with E-state index >= 15 is 0 Å². The molecule has 0 saturated heterocycles. The summed E-state index contributed by atoms with van der Waals surface area (Å²) in [5, 5.41) is 8.27. The lowest BCUT2D eigenvalue weighted by atomic mass is 9.99. The van der Waals surface area contributed by atoms with Crippen LogP contribution in [0.2, 0.25) is 0 Å². The molecule has 0 saturated carbocycles. The number of pyridine rings is 1. The molecule has 0 spiro atoms. The van der Waals surface area contributed by atoms with Gasteiger partial charge in [0.05, 0.1) is 8.44 Å². The number of fused-ring (bicyclic) bond motifs is 2. The van der Waals surface area contributed by atoms with Gasteiger partial charge in [0.2, 0.25) is 0 Å². The summed E-state index contributed by atoms with van der Waals surface area (Å²) < 4.78 is 41.6. The van der Waals surface area contributed by atoms with Crippen molar-refractivity contribution in [2.75, 3.05) is 11.4 Å². The van der Waals surface area contributed by atoms with Crippen LogP contribution in [-0.4, -0.2) is 31.2 Å². The third-order valence-corrected chi connectivity index (χ3v) is 4.88. The SMILES string of the molecule is [2H]C1([2H])Cc2ncc(-c3c(C)noc3C)cc2C([2H])([2H])N1c1nn2c(=O)ccnc2cc1C. The Kier molecular flexibility index (Phi) is 3.05. The Bertz CT molecular complexity index is 1460. The van der Waals surface area contributed by atoms with Crippen molar-refractivity contribution in [1.82, 2.24) is 24.7 Å². The van der Waals surface area contributed by atoms with Crippen LogP contribution >= 0.6 is 0 Å². The molecule has 8 nitrogen and oxygen atoms in total. The summed E-state index contributed by atoms with van der Waals surface area (Å²) in [4.78, 5) is 21.8. The van der Waals surface area contributed by atoms with Crippen molar-refractivity contribution in [2.24, 2.45) is 0 Å². The van der Waals surface area contributed by atoms with Gasteiger partial charge in [-0.2, -0.15) is 4.52 Å². The Labute approximate surface area is 172 Å². The lowest BCUT2D eigenvalue weighted by Crippen LogP contribution is -2.33. The molecule has 0 N–H and O–H groups in total. The van der Waals surface area contributed by atoms with Gasteiger partial charge in [-0.15, -0.1) is 5.10 Å². The van der Waals surface area contributed by atoms with E-state index in [0.29, 0.717) is 33.9 Å². The maximum absolute atomic E-state index is 12.3. The Hall–Kier alpha value is -3.55. The van der Waals surface area contributed by atoms with Gasteiger partial charge in [0.25, 0.3) is 5.56 Å². The van der Waals surface area contributed by atoms with Crippen LogP contribution in [0.15, 0.2) is 39.9 Å². The second kappa shape index (κ2) is 6.51. The molecule has 4 aromatic heterocycles. The van der Waals surface area contributed by atoms with E-state index in [0.717, 1.165) is 15.0 Å². The van der Waals surface area contributed by atoms with E-state index in [2.05, 4.69) is 20.2 Å². The molecule has 0 amide bonds. The summed E-state index contributed by atoms with van der Waals surface area (Å²) in [5.74, 6) is 0.595. The molecular weight excluding hydrogens is 368 g/mol. The van der Waals surface area contributed by atoms with Crippen molar-refractivity contribution in [1.29, 1.82) is 0 Å². The van der Waals surface area contributed by atoms with Crippen LogP contribution in [0.1, 0.15) is 33.8 Å². The number of aromatic nitrogens is 5. The fraction of sp³-hybridized carbons (Fsp3) is 0.286. The summed E-state index contributed by atoms with van der Waals surface area (Å²) in [6.07, 6.45) is 2.79. The van der Waals surface area contributed by atoms with E-state index in [1.165, 1.54) is 12.3 Å². The van der Waals surface area contributed by atoms with Crippen LogP contribution in [0.5, 0.6) is 0 Å². The Morgan fingerprint density at radius 1 is 1.21 bits per heavy atom. The molecule has 1 aliphatic heterocycles. The predicted octanol–water partition coefficient (Wildman–Crippen LogP) is 2.63. The van der Waals surface area contributed by atoms with Crippen molar-refractivity contribution in [3.8, 4) is 11.1 Å². The summed E-state index contributed by atoms with van der Waals surface area (Å²) in [6, 6.07) is 4.48. The largest absolute Gasteiger partial charge is 0.361 e. The lowest BCUT2D eigenvalue weighted by Gasteiger charge is -2.30. The van der Waals surface area contributed by atoms with Gasteiger partial charge in [-0.1, -0.05) is 5.16 Å². The highest BCUT2D eigenvalue weighted by Crippen LogP contribution is 2.30. The van der Waals surface area contributed by atoms with E-state index in [9.17, 15) is 4.79 Å². The minimum Gasteiger partial charge on any atom is -0.361 e. The third kappa shape index (κ3) is 2.88. The van der Waals surface area contributed by atoms with E-state index in [-0.39, 0.29) is 17.8 Å². The summed E-state index contributed by atoms with van der Waals surface area (Å²) >= 11 is 0. The highest BCUT2D eigenvalue weighted by molar-refractivity contribution is 5.68. The van der Waals surface area contributed by atoms with Gasteiger partial charge in [0.1, 0.15) is 5.76 Å². The standard InChI is InChI=1S/C21H20N6O2/c1-12-8-18-22-6-4-19(28)27(18)24-21(12)26-7-5-17-16(11-26)9-15(10-23-17)20-13(2)25-29-14(20)3/h4,6,8-10H,5,7,11H2,1-3H3/i7D2,11D2. The molecule has 0 unspecified atom stereocenters. The third-order valence-electron chi connectivity index (χ3n) is 4.88. The van der Waals surface area contributed by atoms with E-state index in [1.54, 1.807) is 39.1 Å². The van der Waals surface area contributed by atoms with E-state index < -0.39 is 18.6 Å². The van der Waals surface area contributed by atoms with Crippen molar-refractivity contribution in [3.63, 3.8) is 0 Å². The first kappa shape index (κ1) is 13.6. The molecular formula is C21H20N6O2. The molecule has 29 heavy (non-hydrogen) atoms. The molecule has 0 fully saturated rings. The molecule has 8 heteroatoms.